The summed E-state index contributed by atoms with van der Waals surface area (Å²) in [7, 11) is -6.02. The van der Waals surface area contributed by atoms with Crippen LogP contribution in [-0.2, 0) is 26.6 Å². The van der Waals surface area contributed by atoms with E-state index in [1.165, 1.54) is 19.2 Å². The SMILES string of the molecule is COc1ccc(CNS(=O)(=O)CC(C)C)cc1S(N)(=O)=O. The molecule has 0 aliphatic carbocycles. The molecule has 0 saturated heterocycles. The number of methoxy groups -OCH3 is 1. The Hall–Kier alpha value is -1.16. The van der Waals surface area contributed by atoms with Gasteiger partial charge in [-0.2, -0.15) is 0 Å². The van der Waals surface area contributed by atoms with Gasteiger partial charge in [-0.1, -0.05) is 19.9 Å². The molecule has 0 aliphatic rings. The Morgan fingerprint density at radius 2 is 1.86 bits per heavy atom. The molecule has 120 valence electrons. The Morgan fingerprint density at radius 3 is 2.33 bits per heavy atom. The Morgan fingerprint density at radius 1 is 1.24 bits per heavy atom. The number of primary sulfonamides is 1. The average molecular weight is 336 g/mol. The second kappa shape index (κ2) is 6.73. The molecule has 1 aromatic rings. The topological polar surface area (TPSA) is 116 Å². The summed E-state index contributed by atoms with van der Waals surface area (Å²) in [5, 5.41) is 5.10. The van der Waals surface area contributed by atoms with Gasteiger partial charge in [0.15, 0.2) is 0 Å². The molecule has 0 amide bonds. The van der Waals surface area contributed by atoms with Gasteiger partial charge in [-0.25, -0.2) is 26.7 Å². The second-order valence-corrected chi connectivity index (χ2v) is 8.41. The lowest BCUT2D eigenvalue weighted by atomic mass is 10.2. The van der Waals surface area contributed by atoms with Gasteiger partial charge in [0.1, 0.15) is 10.6 Å². The van der Waals surface area contributed by atoms with Gasteiger partial charge in [0.2, 0.25) is 20.0 Å². The molecule has 9 heteroatoms. The summed E-state index contributed by atoms with van der Waals surface area (Å²) in [4.78, 5) is -0.175. The molecule has 7 nitrogen and oxygen atoms in total. The minimum Gasteiger partial charge on any atom is -0.495 e. The van der Waals surface area contributed by atoms with E-state index in [-0.39, 0.29) is 28.9 Å². The van der Waals surface area contributed by atoms with Crippen LogP contribution in [0, 0.1) is 5.92 Å². The number of hydrogen-bond donors (Lipinski definition) is 2. The van der Waals surface area contributed by atoms with Crippen molar-refractivity contribution in [3.8, 4) is 5.75 Å². The van der Waals surface area contributed by atoms with Crippen LogP contribution in [0.25, 0.3) is 0 Å². The quantitative estimate of drug-likeness (QED) is 0.748. The van der Waals surface area contributed by atoms with Crippen molar-refractivity contribution in [3.05, 3.63) is 23.8 Å². The maximum Gasteiger partial charge on any atom is 0.241 e. The summed E-state index contributed by atoms with van der Waals surface area (Å²) >= 11 is 0. The Kier molecular flexibility index (Phi) is 5.74. The number of benzene rings is 1. The Bertz CT molecular complexity index is 696. The van der Waals surface area contributed by atoms with Crippen LogP contribution in [0.4, 0.5) is 0 Å². The third kappa shape index (κ3) is 5.62. The minimum atomic E-state index is -3.94. The van der Waals surface area contributed by atoms with Crippen molar-refractivity contribution in [2.45, 2.75) is 25.3 Å². The van der Waals surface area contributed by atoms with Gasteiger partial charge < -0.3 is 4.74 Å². The second-order valence-electron chi connectivity index (χ2n) is 5.03. The number of sulfonamides is 2. The highest BCUT2D eigenvalue weighted by Gasteiger charge is 2.17. The van der Waals surface area contributed by atoms with Crippen LogP contribution in [-0.4, -0.2) is 29.7 Å². The highest BCUT2D eigenvalue weighted by atomic mass is 32.2. The molecule has 0 atom stereocenters. The van der Waals surface area contributed by atoms with E-state index in [1.807, 2.05) is 0 Å². The van der Waals surface area contributed by atoms with Crippen molar-refractivity contribution in [2.24, 2.45) is 11.1 Å². The van der Waals surface area contributed by atoms with E-state index in [2.05, 4.69) is 4.72 Å². The normalized spacial score (nSPS) is 12.6. The maximum atomic E-state index is 11.7. The van der Waals surface area contributed by atoms with Crippen LogP contribution in [0.15, 0.2) is 23.1 Å². The highest BCUT2D eigenvalue weighted by Crippen LogP contribution is 2.23. The van der Waals surface area contributed by atoms with Crippen LogP contribution in [0.2, 0.25) is 0 Å². The lowest BCUT2D eigenvalue weighted by molar-refractivity contribution is 0.402. The first kappa shape index (κ1) is 17.9. The third-order valence-electron chi connectivity index (χ3n) is 2.58. The van der Waals surface area contributed by atoms with E-state index >= 15 is 0 Å². The van der Waals surface area contributed by atoms with Crippen molar-refractivity contribution in [1.82, 2.24) is 4.72 Å². The number of ether oxygens (including phenoxy) is 1. The van der Waals surface area contributed by atoms with E-state index < -0.39 is 20.0 Å². The van der Waals surface area contributed by atoms with Gasteiger partial charge in [-0.05, 0) is 23.6 Å². The maximum absolute atomic E-state index is 11.7. The monoisotopic (exact) mass is 336 g/mol. The summed E-state index contributed by atoms with van der Waals surface area (Å²) in [6, 6.07) is 4.31. The van der Waals surface area contributed by atoms with Crippen LogP contribution in [0.1, 0.15) is 19.4 Å². The molecular weight excluding hydrogens is 316 g/mol. The molecule has 0 saturated carbocycles. The Labute approximate surface area is 125 Å². The highest BCUT2D eigenvalue weighted by molar-refractivity contribution is 7.89. The fourth-order valence-corrected chi connectivity index (χ4v) is 3.87. The van der Waals surface area contributed by atoms with Crippen molar-refractivity contribution in [1.29, 1.82) is 0 Å². The predicted octanol–water partition coefficient (Wildman–Crippen LogP) is 0.418. The Balaban J connectivity index is 2.97. The predicted molar refractivity (Wildman–Crippen MR) is 79.8 cm³/mol. The van der Waals surface area contributed by atoms with Gasteiger partial charge in [-0.15, -0.1) is 0 Å². The van der Waals surface area contributed by atoms with Gasteiger partial charge in [0, 0.05) is 6.54 Å². The third-order valence-corrected chi connectivity index (χ3v) is 5.21. The van der Waals surface area contributed by atoms with Crippen molar-refractivity contribution < 1.29 is 21.6 Å². The minimum absolute atomic E-state index is 0.00153. The first-order valence-electron chi connectivity index (χ1n) is 6.22. The standard InChI is InChI=1S/C12H20N2O5S2/c1-9(2)8-20(15,16)14-7-10-4-5-11(19-3)12(6-10)21(13,17)18/h4-6,9,14H,7-8H2,1-3H3,(H2,13,17,18). The number of nitrogens with one attached hydrogen (secondary N) is 1. The van der Waals surface area contributed by atoms with Gasteiger partial charge >= 0.3 is 0 Å². The zero-order valence-electron chi connectivity index (χ0n) is 12.2. The van der Waals surface area contributed by atoms with Crippen LogP contribution < -0.4 is 14.6 Å². The molecule has 0 aliphatic heterocycles. The fraction of sp³-hybridized carbons (Fsp3) is 0.500. The summed E-state index contributed by atoms with van der Waals surface area (Å²) in [6.45, 7) is 3.58. The lowest BCUT2D eigenvalue weighted by Gasteiger charge is -2.11. The zero-order valence-corrected chi connectivity index (χ0v) is 13.8. The van der Waals surface area contributed by atoms with E-state index in [0.29, 0.717) is 5.56 Å². The van der Waals surface area contributed by atoms with E-state index in [4.69, 9.17) is 9.88 Å². The molecule has 0 heterocycles. The van der Waals surface area contributed by atoms with Crippen molar-refractivity contribution in [3.63, 3.8) is 0 Å². The van der Waals surface area contributed by atoms with Crippen LogP contribution >= 0.6 is 0 Å². The molecule has 21 heavy (non-hydrogen) atoms. The first-order chi connectivity index (χ1) is 9.55. The molecule has 0 radical (unpaired) electrons. The smallest absolute Gasteiger partial charge is 0.241 e. The molecule has 0 fully saturated rings. The molecule has 3 N–H and O–H groups in total. The van der Waals surface area contributed by atoms with Crippen LogP contribution in [0.5, 0.6) is 5.75 Å². The van der Waals surface area contributed by atoms with Crippen molar-refractivity contribution >= 4 is 20.0 Å². The molecule has 1 aromatic carbocycles. The number of nitrogens with two attached hydrogens (primary N) is 1. The number of hydrogen-bond acceptors (Lipinski definition) is 5. The van der Waals surface area contributed by atoms with E-state index in [9.17, 15) is 16.8 Å². The molecule has 0 aromatic heterocycles. The largest absolute Gasteiger partial charge is 0.495 e. The molecule has 0 bridgehead atoms. The summed E-state index contributed by atoms with van der Waals surface area (Å²) < 4.78 is 53.8. The van der Waals surface area contributed by atoms with E-state index in [0.717, 1.165) is 0 Å². The summed E-state index contributed by atoms with van der Waals surface area (Å²) in [5.74, 6) is 0.121. The van der Waals surface area contributed by atoms with Crippen molar-refractivity contribution in [2.75, 3.05) is 12.9 Å². The molecular formula is C12H20N2O5S2. The average Bonchev–Trinajstić information content (AvgIpc) is 2.33. The van der Waals surface area contributed by atoms with Gasteiger partial charge in [-0.3, -0.25) is 0 Å². The molecule has 0 spiro atoms. The van der Waals surface area contributed by atoms with Gasteiger partial charge in [0.05, 0.1) is 12.9 Å². The van der Waals surface area contributed by atoms with Crippen LogP contribution in [0.3, 0.4) is 0 Å². The molecule has 0 unspecified atom stereocenters. The zero-order chi connectivity index (χ0) is 16.3. The number of rotatable bonds is 7. The summed E-state index contributed by atoms with van der Waals surface area (Å²) in [5.41, 5.74) is 0.479. The van der Waals surface area contributed by atoms with Gasteiger partial charge in [0.25, 0.3) is 0 Å². The summed E-state index contributed by atoms with van der Waals surface area (Å²) in [6.07, 6.45) is 0. The fourth-order valence-electron chi connectivity index (χ4n) is 1.74. The van der Waals surface area contributed by atoms with E-state index in [1.54, 1.807) is 19.9 Å². The molecule has 1 rings (SSSR count). The lowest BCUT2D eigenvalue weighted by Crippen LogP contribution is -2.28. The first-order valence-corrected chi connectivity index (χ1v) is 9.42.